The van der Waals surface area contributed by atoms with Crippen LogP contribution in [-0.4, -0.2) is 54.1 Å². The SMILES string of the molecule is CCNc1nc(C)cc(N2CCC3C(CCCN3C)C2)n1. The first-order valence-corrected chi connectivity index (χ1v) is 8.22. The Balaban J connectivity index is 1.75. The van der Waals surface area contributed by atoms with Gasteiger partial charge in [0.15, 0.2) is 0 Å². The van der Waals surface area contributed by atoms with Crippen molar-refractivity contribution in [2.24, 2.45) is 5.92 Å². The molecule has 1 N–H and O–H groups in total. The third kappa shape index (κ3) is 3.12. The van der Waals surface area contributed by atoms with Crippen molar-refractivity contribution in [3.63, 3.8) is 0 Å². The molecule has 2 saturated heterocycles. The summed E-state index contributed by atoms with van der Waals surface area (Å²) in [6, 6.07) is 2.89. The maximum Gasteiger partial charge on any atom is 0.224 e. The van der Waals surface area contributed by atoms with Crippen LogP contribution in [0.5, 0.6) is 0 Å². The summed E-state index contributed by atoms with van der Waals surface area (Å²) in [5.74, 6) is 2.64. The largest absolute Gasteiger partial charge is 0.356 e. The number of aromatic nitrogens is 2. The highest BCUT2D eigenvalue weighted by Crippen LogP contribution is 2.31. The van der Waals surface area contributed by atoms with Crippen LogP contribution in [0.25, 0.3) is 0 Å². The predicted octanol–water partition coefficient (Wildman–Crippen LogP) is 2.14. The minimum Gasteiger partial charge on any atom is -0.356 e. The van der Waals surface area contributed by atoms with Gasteiger partial charge in [0.1, 0.15) is 5.82 Å². The fourth-order valence-electron chi connectivity index (χ4n) is 3.81. The van der Waals surface area contributed by atoms with E-state index in [4.69, 9.17) is 4.98 Å². The smallest absolute Gasteiger partial charge is 0.224 e. The number of nitrogens with one attached hydrogen (secondary N) is 1. The first-order valence-electron chi connectivity index (χ1n) is 8.22. The number of hydrogen-bond donors (Lipinski definition) is 1. The Morgan fingerprint density at radius 1 is 1.29 bits per heavy atom. The van der Waals surface area contributed by atoms with E-state index in [-0.39, 0.29) is 0 Å². The molecule has 2 unspecified atom stereocenters. The van der Waals surface area contributed by atoms with Crippen LogP contribution in [0.3, 0.4) is 0 Å². The van der Waals surface area contributed by atoms with Gasteiger partial charge in [0.2, 0.25) is 5.95 Å². The van der Waals surface area contributed by atoms with Gasteiger partial charge in [0, 0.05) is 37.4 Å². The van der Waals surface area contributed by atoms with E-state index in [2.05, 4.69) is 40.1 Å². The molecule has 5 heteroatoms. The van der Waals surface area contributed by atoms with Crippen molar-refractivity contribution in [1.82, 2.24) is 14.9 Å². The summed E-state index contributed by atoms with van der Waals surface area (Å²) in [4.78, 5) is 14.2. The second kappa shape index (κ2) is 6.18. The molecule has 0 spiro atoms. The highest BCUT2D eigenvalue weighted by molar-refractivity contribution is 5.45. The van der Waals surface area contributed by atoms with Crippen LogP contribution in [0.4, 0.5) is 11.8 Å². The average molecular weight is 289 g/mol. The molecule has 3 heterocycles. The standard InChI is InChI=1S/C16H27N5/c1-4-17-16-18-12(2)10-15(19-16)21-9-7-14-13(11-21)6-5-8-20(14)3/h10,13-14H,4-9,11H2,1-3H3,(H,17,18,19). The van der Waals surface area contributed by atoms with Crippen molar-refractivity contribution in [2.45, 2.75) is 39.2 Å². The van der Waals surface area contributed by atoms with Gasteiger partial charge in [0.05, 0.1) is 0 Å². The van der Waals surface area contributed by atoms with E-state index >= 15 is 0 Å². The van der Waals surface area contributed by atoms with Gasteiger partial charge in [-0.1, -0.05) is 0 Å². The molecule has 1 aromatic rings. The summed E-state index contributed by atoms with van der Waals surface area (Å²) < 4.78 is 0. The van der Waals surface area contributed by atoms with Crippen LogP contribution < -0.4 is 10.2 Å². The van der Waals surface area contributed by atoms with Crippen LogP contribution in [0.15, 0.2) is 6.07 Å². The maximum absolute atomic E-state index is 4.69. The van der Waals surface area contributed by atoms with Gasteiger partial charge in [-0.2, -0.15) is 4.98 Å². The molecule has 2 aliphatic heterocycles. The monoisotopic (exact) mass is 289 g/mol. The zero-order valence-corrected chi connectivity index (χ0v) is 13.5. The number of anilines is 2. The fourth-order valence-corrected chi connectivity index (χ4v) is 3.81. The Morgan fingerprint density at radius 3 is 2.95 bits per heavy atom. The molecular weight excluding hydrogens is 262 g/mol. The van der Waals surface area contributed by atoms with E-state index in [0.717, 1.165) is 49.1 Å². The number of rotatable bonds is 3. The minimum absolute atomic E-state index is 0.760. The van der Waals surface area contributed by atoms with Crippen molar-refractivity contribution in [3.05, 3.63) is 11.8 Å². The van der Waals surface area contributed by atoms with Crippen LogP contribution in [-0.2, 0) is 0 Å². The Morgan fingerprint density at radius 2 is 2.14 bits per heavy atom. The highest BCUT2D eigenvalue weighted by atomic mass is 15.3. The number of hydrogen-bond acceptors (Lipinski definition) is 5. The van der Waals surface area contributed by atoms with Crippen molar-refractivity contribution < 1.29 is 0 Å². The van der Waals surface area contributed by atoms with Crippen molar-refractivity contribution in [3.8, 4) is 0 Å². The minimum atomic E-state index is 0.760. The molecule has 0 aliphatic carbocycles. The normalized spacial score (nSPS) is 26.5. The van der Waals surface area contributed by atoms with Gasteiger partial charge in [0.25, 0.3) is 0 Å². The second-order valence-electron chi connectivity index (χ2n) is 6.41. The molecule has 21 heavy (non-hydrogen) atoms. The van der Waals surface area contributed by atoms with E-state index in [1.807, 2.05) is 6.92 Å². The predicted molar refractivity (Wildman–Crippen MR) is 86.9 cm³/mol. The molecule has 3 rings (SSSR count). The summed E-state index contributed by atoms with van der Waals surface area (Å²) in [6.45, 7) is 8.49. The number of piperidine rings is 2. The van der Waals surface area contributed by atoms with E-state index in [1.165, 1.54) is 25.8 Å². The first-order chi connectivity index (χ1) is 10.2. The lowest BCUT2D eigenvalue weighted by Crippen LogP contribution is -2.52. The molecule has 0 aromatic carbocycles. The molecule has 2 atom stereocenters. The lowest BCUT2D eigenvalue weighted by atomic mass is 9.84. The van der Waals surface area contributed by atoms with E-state index in [0.29, 0.717) is 0 Å². The Labute approximate surface area is 127 Å². The van der Waals surface area contributed by atoms with E-state index in [9.17, 15) is 0 Å². The molecular formula is C16H27N5. The van der Waals surface area contributed by atoms with E-state index < -0.39 is 0 Å². The Hall–Kier alpha value is -1.36. The number of nitrogens with zero attached hydrogens (tertiary/aromatic N) is 4. The van der Waals surface area contributed by atoms with Gasteiger partial charge < -0.3 is 15.1 Å². The zero-order valence-electron chi connectivity index (χ0n) is 13.5. The van der Waals surface area contributed by atoms with Crippen molar-refractivity contribution in [1.29, 1.82) is 0 Å². The first kappa shape index (κ1) is 14.6. The number of aryl methyl sites for hydroxylation is 1. The van der Waals surface area contributed by atoms with E-state index in [1.54, 1.807) is 0 Å². The lowest BCUT2D eigenvalue weighted by Gasteiger charge is -2.46. The topological polar surface area (TPSA) is 44.3 Å². The number of fused-ring (bicyclic) bond motifs is 1. The summed E-state index contributed by atoms with van der Waals surface area (Å²) in [5, 5.41) is 3.23. The van der Waals surface area contributed by atoms with Crippen LogP contribution in [0, 0.1) is 12.8 Å². The third-order valence-corrected chi connectivity index (χ3v) is 4.85. The lowest BCUT2D eigenvalue weighted by molar-refractivity contribution is 0.102. The maximum atomic E-state index is 4.69. The van der Waals surface area contributed by atoms with Crippen LogP contribution in [0.1, 0.15) is 31.9 Å². The summed E-state index contributed by atoms with van der Waals surface area (Å²) in [7, 11) is 2.28. The zero-order chi connectivity index (χ0) is 14.8. The van der Waals surface area contributed by atoms with Crippen molar-refractivity contribution in [2.75, 3.05) is 43.4 Å². The Kier molecular flexibility index (Phi) is 4.29. The van der Waals surface area contributed by atoms with Crippen LogP contribution in [0.2, 0.25) is 0 Å². The van der Waals surface area contributed by atoms with Crippen LogP contribution >= 0.6 is 0 Å². The summed E-state index contributed by atoms with van der Waals surface area (Å²) in [6.07, 6.45) is 3.94. The van der Waals surface area contributed by atoms with Gasteiger partial charge in [-0.3, -0.25) is 0 Å². The molecule has 2 fully saturated rings. The molecule has 2 aliphatic rings. The summed E-state index contributed by atoms with van der Waals surface area (Å²) >= 11 is 0. The fraction of sp³-hybridized carbons (Fsp3) is 0.750. The average Bonchev–Trinajstić information content (AvgIpc) is 2.47. The van der Waals surface area contributed by atoms with Gasteiger partial charge in [-0.05, 0) is 52.6 Å². The van der Waals surface area contributed by atoms with Gasteiger partial charge in [-0.15, -0.1) is 0 Å². The second-order valence-corrected chi connectivity index (χ2v) is 6.41. The molecule has 0 amide bonds. The van der Waals surface area contributed by atoms with Gasteiger partial charge in [-0.25, -0.2) is 4.98 Å². The summed E-state index contributed by atoms with van der Waals surface area (Å²) in [5.41, 5.74) is 1.04. The molecule has 5 nitrogen and oxygen atoms in total. The molecule has 116 valence electrons. The quantitative estimate of drug-likeness (QED) is 0.923. The Bertz CT molecular complexity index is 490. The molecule has 0 saturated carbocycles. The molecule has 1 aromatic heterocycles. The third-order valence-electron chi connectivity index (χ3n) is 4.85. The molecule has 0 radical (unpaired) electrons. The highest BCUT2D eigenvalue weighted by Gasteiger charge is 2.34. The molecule has 0 bridgehead atoms. The van der Waals surface area contributed by atoms with Gasteiger partial charge >= 0.3 is 0 Å². The van der Waals surface area contributed by atoms with Crippen molar-refractivity contribution >= 4 is 11.8 Å². The number of likely N-dealkylation sites (tertiary alicyclic amines) is 1.